The minimum absolute atomic E-state index is 0.0468. The monoisotopic (exact) mass is 458 g/mol. The van der Waals surface area contributed by atoms with Crippen molar-refractivity contribution in [3.63, 3.8) is 0 Å². The Morgan fingerprint density at radius 1 is 1.27 bits per heavy atom. The number of aldehydes is 1. The summed E-state index contributed by atoms with van der Waals surface area (Å²) in [7, 11) is 0. The maximum absolute atomic E-state index is 13.0. The molecule has 3 amide bonds. The molecule has 1 aliphatic rings. The highest BCUT2D eigenvalue weighted by molar-refractivity contribution is 6.01. The summed E-state index contributed by atoms with van der Waals surface area (Å²) in [5.41, 5.74) is 1.44. The molecule has 0 unspecified atom stereocenters. The van der Waals surface area contributed by atoms with Crippen LogP contribution in [0.4, 0.5) is 0 Å². The second-order valence-electron chi connectivity index (χ2n) is 8.37. The fourth-order valence-corrected chi connectivity index (χ4v) is 3.79. The van der Waals surface area contributed by atoms with Gasteiger partial charge in [-0.05, 0) is 37.0 Å². The molecule has 4 N–H and O–H groups in total. The lowest BCUT2D eigenvalue weighted by Crippen LogP contribution is -2.53. The van der Waals surface area contributed by atoms with Crippen LogP contribution in [-0.2, 0) is 19.2 Å². The van der Waals surface area contributed by atoms with E-state index in [-0.39, 0.29) is 12.5 Å². The number of nitrogens with zero attached hydrogens (tertiary/aromatic N) is 3. The van der Waals surface area contributed by atoms with Gasteiger partial charge in [0.2, 0.25) is 11.8 Å². The highest BCUT2D eigenvalue weighted by Crippen LogP contribution is 2.21. The molecule has 0 spiro atoms. The normalized spacial score (nSPS) is 17.7. The van der Waals surface area contributed by atoms with Crippen molar-refractivity contribution < 1.29 is 29.1 Å². The number of likely N-dealkylation sites (tertiary alicyclic amines) is 1. The summed E-state index contributed by atoms with van der Waals surface area (Å²) in [4.78, 5) is 62.0. The predicted molar refractivity (Wildman–Crippen MR) is 115 cm³/mol. The molecule has 0 radical (unpaired) electrons. The molecule has 1 aromatic carbocycles. The molecule has 2 heterocycles. The van der Waals surface area contributed by atoms with Crippen molar-refractivity contribution in [2.75, 3.05) is 6.54 Å². The minimum atomic E-state index is -1.23. The average Bonchev–Trinajstić information content (AvgIpc) is 3.37. The number of amides is 3. The van der Waals surface area contributed by atoms with Gasteiger partial charge in [-0.3, -0.25) is 19.2 Å². The number of carboxylic acid groups (broad SMARTS) is 1. The first-order chi connectivity index (χ1) is 15.7. The van der Waals surface area contributed by atoms with Crippen molar-refractivity contribution >= 4 is 41.0 Å². The van der Waals surface area contributed by atoms with Crippen molar-refractivity contribution in [3.05, 3.63) is 23.8 Å². The van der Waals surface area contributed by atoms with E-state index >= 15 is 0 Å². The van der Waals surface area contributed by atoms with E-state index in [4.69, 9.17) is 5.11 Å². The number of H-pyrrole nitrogens is 1. The first kappa shape index (κ1) is 23.8. The Balaban J connectivity index is 1.69. The second-order valence-corrected chi connectivity index (χ2v) is 8.37. The third-order valence-corrected chi connectivity index (χ3v) is 5.38. The van der Waals surface area contributed by atoms with Gasteiger partial charge in [0.05, 0.1) is 12.5 Å². The molecule has 1 aromatic heterocycles. The zero-order valence-corrected chi connectivity index (χ0v) is 18.3. The molecule has 0 saturated carbocycles. The molecule has 3 rings (SSSR count). The van der Waals surface area contributed by atoms with E-state index in [2.05, 4.69) is 26.0 Å². The van der Waals surface area contributed by atoms with Crippen LogP contribution in [0.25, 0.3) is 11.0 Å². The number of aromatic nitrogens is 3. The van der Waals surface area contributed by atoms with Crippen LogP contribution in [0, 0.1) is 5.92 Å². The number of aliphatic carboxylic acids is 1. The lowest BCUT2D eigenvalue weighted by molar-refractivity contribution is -0.141. The molecule has 12 nitrogen and oxygen atoms in total. The Morgan fingerprint density at radius 3 is 2.67 bits per heavy atom. The van der Waals surface area contributed by atoms with E-state index < -0.39 is 48.2 Å². The number of carbonyl (C=O) groups is 5. The number of carbonyl (C=O) groups excluding carboxylic acids is 4. The van der Waals surface area contributed by atoms with Crippen molar-refractivity contribution in [2.45, 2.75) is 51.2 Å². The molecule has 33 heavy (non-hydrogen) atoms. The predicted octanol–water partition coefficient (Wildman–Crippen LogP) is -0.138. The maximum Gasteiger partial charge on any atom is 0.305 e. The SMILES string of the molecule is CC(C)C[C@@H](C(=O)N[C@H](C=O)CC(=O)O)N1CC[C@@H](NC(=O)c2ccc3n[nH]nc3c2)C1=O. The lowest BCUT2D eigenvalue weighted by Gasteiger charge is -2.29. The summed E-state index contributed by atoms with van der Waals surface area (Å²) < 4.78 is 0. The first-order valence-electron chi connectivity index (χ1n) is 10.6. The Bertz CT molecular complexity index is 1070. The van der Waals surface area contributed by atoms with E-state index in [1.54, 1.807) is 18.2 Å². The van der Waals surface area contributed by atoms with E-state index in [9.17, 15) is 24.0 Å². The number of aromatic amines is 1. The van der Waals surface area contributed by atoms with Crippen LogP contribution in [0.15, 0.2) is 18.2 Å². The molecule has 1 fully saturated rings. The van der Waals surface area contributed by atoms with Crippen LogP contribution >= 0.6 is 0 Å². The van der Waals surface area contributed by atoms with Crippen LogP contribution in [0.2, 0.25) is 0 Å². The van der Waals surface area contributed by atoms with Gasteiger partial charge in [-0.15, -0.1) is 0 Å². The van der Waals surface area contributed by atoms with E-state index in [1.165, 1.54) is 4.90 Å². The van der Waals surface area contributed by atoms with Gasteiger partial charge in [-0.1, -0.05) is 13.8 Å². The van der Waals surface area contributed by atoms with Crippen molar-refractivity contribution in [1.29, 1.82) is 0 Å². The fraction of sp³-hybridized carbons (Fsp3) is 0.476. The minimum Gasteiger partial charge on any atom is -0.481 e. The molecule has 2 aromatic rings. The summed E-state index contributed by atoms with van der Waals surface area (Å²) >= 11 is 0. The third kappa shape index (κ3) is 5.70. The fourth-order valence-electron chi connectivity index (χ4n) is 3.79. The zero-order valence-electron chi connectivity index (χ0n) is 18.3. The topological polar surface area (TPSA) is 174 Å². The van der Waals surface area contributed by atoms with Crippen LogP contribution in [0.5, 0.6) is 0 Å². The number of nitrogens with one attached hydrogen (secondary N) is 3. The highest BCUT2D eigenvalue weighted by Gasteiger charge is 2.40. The summed E-state index contributed by atoms with van der Waals surface area (Å²) in [6.07, 6.45) is 0.440. The van der Waals surface area contributed by atoms with Crippen molar-refractivity contribution in [2.24, 2.45) is 5.92 Å². The zero-order chi connectivity index (χ0) is 24.1. The summed E-state index contributed by atoms with van der Waals surface area (Å²) in [5, 5.41) is 24.4. The maximum atomic E-state index is 13.0. The van der Waals surface area contributed by atoms with Crippen LogP contribution in [0.1, 0.15) is 43.5 Å². The first-order valence-corrected chi connectivity index (χ1v) is 10.6. The second kappa shape index (κ2) is 10.2. The number of fused-ring (bicyclic) bond motifs is 1. The van der Waals surface area contributed by atoms with Crippen LogP contribution in [-0.4, -0.2) is 80.1 Å². The van der Waals surface area contributed by atoms with Gasteiger partial charge in [0.15, 0.2) is 0 Å². The summed E-state index contributed by atoms with van der Waals surface area (Å²) in [6, 6.07) is 1.89. The molecule has 0 aliphatic carbocycles. The Labute approximate surface area is 189 Å². The molecular weight excluding hydrogens is 432 g/mol. The average molecular weight is 458 g/mol. The number of hydrogen-bond donors (Lipinski definition) is 4. The quantitative estimate of drug-likeness (QED) is 0.356. The van der Waals surface area contributed by atoms with Gasteiger partial charge in [-0.2, -0.15) is 15.4 Å². The van der Waals surface area contributed by atoms with Gasteiger partial charge < -0.3 is 25.4 Å². The van der Waals surface area contributed by atoms with Gasteiger partial charge in [0.25, 0.3) is 5.91 Å². The molecule has 176 valence electrons. The lowest BCUT2D eigenvalue weighted by atomic mass is 10.0. The summed E-state index contributed by atoms with van der Waals surface area (Å²) in [5.74, 6) is -2.64. The number of carboxylic acids is 1. The van der Waals surface area contributed by atoms with Crippen LogP contribution < -0.4 is 10.6 Å². The molecule has 1 aliphatic heterocycles. The summed E-state index contributed by atoms with van der Waals surface area (Å²) in [6.45, 7) is 4.00. The molecule has 0 bridgehead atoms. The number of benzene rings is 1. The van der Waals surface area contributed by atoms with Gasteiger partial charge in [0, 0.05) is 12.1 Å². The van der Waals surface area contributed by atoms with Gasteiger partial charge in [0.1, 0.15) is 29.4 Å². The van der Waals surface area contributed by atoms with Crippen molar-refractivity contribution in [3.8, 4) is 0 Å². The molecule has 1 saturated heterocycles. The standard InChI is InChI=1S/C21H26N6O6/c1-11(2)7-17(20(32)22-13(10-28)9-18(29)30)27-6-5-15(21(27)33)23-19(31)12-3-4-14-16(8-12)25-26-24-14/h3-4,8,10-11,13,15,17H,5-7,9H2,1-2H3,(H,22,32)(H,23,31)(H,29,30)(H,24,25,26)/t13-,15+,17-/m0/s1. The Hall–Kier alpha value is -3.83. The smallest absolute Gasteiger partial charge is 0.305 e. The highest BCUT2D eigenvalue weighted by atomic mass is 16.4. The van der Waals surface area contributed by atoms with E-state index in [0.717, 1.165) is 0 Å². The van der Waals surface area contributed by atoms with Crippen LogP contribution in [0.3, 0.4) is 0 Å². The third-order valence-electron chi connectivity index (χ3n) is 5.38. The van der Waals surface area contributed by atoms with E-state index in [0.29, 0.717) is 35.7 Å². The Morgan fingerprint density at radius 2 is 2.00 bits per heavy atom. The molecule has 3 atom stereocenters. The largest absolute Gasteiger partial charge is 0.481 e. The number of rotatable bonds is 10. The van der Waals surface area contributed by atoms with Gasteiger partial charge in [-0.25, -0.2) is 0 Å². The van der Waals surface area contributed by atoms with Gasteiger partial charge >= 0.3 is 5.97 Å². The van der Waals surface area contributed by atoms with Crippen molar-refractivity contribution in [1.82, 2.24) is 30.9 Å². The van der Waals surface area contributed by atoms with E-state index in [1.807, 2.05) is 13.8 Å². The molecule has 12 heteroatoms. The molecular formula is C21H26N6O6. The Kier molecular flexibility index (Phi) is 7.36. The number of hydrogen-bond acceptors (Lipinski definition) is 7.